The molecule has 25 heavy (non-hydrogen) atoms. The minimum Gasteiger partial charge on any atom is -0.461 e. The van der Waals surface area contributed by atoms with Crippen molar-refractivity contribution in [2.24, 2.45) is 0 Å². The topological polar surface area (TPSA) is 76.7 Å². The number of ether oxygens (including phenoxy) is 1. The van der Waals surface area contributed by atoms with E-state index in [-0.39, 0.29) is 17.5 Å². The third-order valence-electron chi connectivity index (χ3n) is 4.40. The van der Waals surface area contributed by atoms with E-state index in [2.05, 4.69) is 5.32 Å². The number of rotatable bonds is 5. The summed E-state index contributed by atoms with van der Waals surface area (Å²) in [5, 5.41) is 2.75. The van der Waals surface area contributed by atoms with Gasteiger partial charge in [0.05, 0.1) is 6.04 Å². The number of anilines is 1. The molecule has 134 valence electrons. The van der Waals surface area contributed by atoms with E-state index >= 15 is 0 Å². The van der Waals surface area contributed by atoms with Crippen LogP contribution >= 0.6 is 0 Å². The first kappa shape index (κ1) is 17.3. The minimum atomic E-state index is -0.279. The van der Waals surface area contributed by atoms with Crippen LogP contribution in [0.4, 0.5) is 10.5 Å². The van der Waals surface area contributed by atoms with Gasteiger partial charge in [0.1, 0.15) is 23.8 Å². The number of hydrogen-bond donors (Lipinski definition) is 1. The summed E-state index contributed by atoms with van der Waals surface area (Å²) >= 11 is 0. The lowest BCUT2D eigenvalue weighted by atomic mass is 10.2. The molecule has 7 heteroatoms. The lowest BCUT2D eigenvalue weighted by Gasteiger charge is -2.23. The van der Waals surface area contributed by atoms with Crippen LogP contribution in [0.5, 0.6) is 0 Å². The van der Waals surface area contributed by atoms with E-state index in [4.69, 9.17) is 9.15 Å². The fourth-order valence-corrected chi connectivity index (χ4v) is 3.10. The molecule has 2 aromatic heterocycles. The van der Waals surface area contributed by atoms with E-state index in [9.17, 15) is 9.59 Å². The number of likely N-dealkylation sites (tertiary alicyclic amines) is 1. The molecule has 0 spiro atoms. The molecule has 7 nitrogen and oxygen atoms in total. The van der Waals surface area contributed by atoms with E-state index in [1.54, 1.807) is 24.4 Å². The highest BCUT2D eigenvalue weighted by Gasteiger charge is 2.32. The Kier molecular flexibility index (Phi) is 5.23. The Morgan fingerprint density at radius 3 is 3.00 bits per heavy atom. The highest BCUT2D eigenvalue weighted by atomic mass is 16.5. The first-order valence-corrected chi connectivity index (χ1v) is 8.47. The highest BCUT2D eigenvalue weighted by Crippen LogP contribution is 2.33. The SMILES string of the molecule is CCn1ccc(=O)c(NC(=O)N2CCCC2c2ccc(COC)o2)c1. The molecule has 3 rings (SSSR count). The first-order valence-electron chi connectivity index (χ1n) is 8.47. The normalized spacial score (nSPS) is 17.0. The van der Waals surface area contributed by atoms with Crippen LogP contribution in [0.25, 0.3) is 0 Å². The van der Waals surface area contributed by atoms with Crippen molar-refractivity contribution in [1.82, 2.24) is 9.47 Å². The maximum Gasteiger partial charge on any atom is 0.322 e. The van der Waals surface area contributed by atoms with Crippen LogP contribution in [0.1, 0.15) is 37.3 Å². The molecule has 1 atom stereocenters. The third kappa shape index (κ3) is 3.76. The van der Waals surface area contributed by atoms with Gasteiger partial charge in [-0.1, -0.05) is 0 Å². The number of aryl methyl sites for hydroxylation is 1. The van der Waals surface area contributed by atoms with Gasteiger partial charge < -0.3 is 23.9 Å². The van der Waals surface area contributed by atoms with Gasteiger partial charge in [0, 0.05) is 38.7 Å². The van der Waals surface area contributed by atoms with Crippen LogP contribution in [0.15, 0.2) is 39.8 Å². The maximum absolute atomic E-state index is 12.7. The molecule has 0 bridgehead atoms. The highest BCUT2D eigenvalue weighted by molar-refractivity contribution is 5.89. The molecule has 3 heterocycles. The van der Waals surface area contributed by atoms with Crippen LogP contribution in [0.2, 0.25) is 0 Å². The number of pyridine rings is 1. The van der Waals surface area contributed by atoms with Crippen LogP contribution < -0.4 is 10.7 Å². The molecule has 0 aromatic carbocycles. The second-order valence-corrected chi connectivity index (χ2v) is 6.07. The maximum atomic E-state index is 12.7. The second-order valence-electron chi connectivity index (χ2n) is 6.07. The number of urea groups is 1. The average Bonchev–Trinajstić information content (AvgIpc) is 3.26. The molecule has 1 N–H and O–H groups in total. The monoisotopic (exact) mass is 345 g/mol. The summed E-state index contributed by atoms with van der Waals surface area (Å²) in [5.41, 5.74) is 0.0914. The molecule has 1 aliphatic rings. The number of amides is 2. The van der Waals surface area contributed by atoms with Crippen molar-refractivity contribution >= 4 is 11.7 Å². The van der Waals surface area contributed by atoms with Crippen molar-refractivity contribution in [1.29, 1.82) is 0 Å². The zero-order valence-electron chi connectivity index (χ0n) is 14.5. The summed E-state index contributed by atoms with van der Waals surface area (Å²) in [6, 6.07) is 4.81. The number of nitrogens with zero attached hydrogens (tertiary/aromatic N) is 2. The molecule has 0 radical (unpaired) electrons. The molecule has 1 aliphatic heterocycles. The standard InChI is InChI=1S/C18H23N3O4/c1-3-20-10-8-16(22)14(11-20)19-18(23)21-9-4-5-15(21)17-7-6-13(25-17)12-24-2/h6-8,10-11,15H,3-5,9,12H2,1-2H3,(H,19,23). The van der Waals surface area contributed by atoms with Gasteiger partial charge in [-0.05, 0) is 31.9 Å². The quantitative estimate of drug-likeness (QED) is 0.904. The van der Waals surface area contributed by atoms with Gasteiger partial charge in [-0.3, -0.25) is 4.79 Å². The van der Waals surface area contributed by atoms with Crippen LogP contribution in [-0.2, 0) is 17.9 Å². The Morgan fingerprint density at radius 1 is 1.40 bits per heavy atom. The second kappa shape index (κ2) is 7.57. The Balaban J connectivity index is 1.75. The largest absolute Gasteiger partial charge is 0.461 e. The first-order chi connectivity index (χ1) is 12.1. The van der Waals surface area contributed by atoms with Gasteiger partial charge in [-0.15, -0.1) is 0 Å². The van der Waals surface area contributed by atoms with Gasteiger partial charge >= 0.3 is 6.03 Å². The molecular formula is C18H23N3O4. The summed E-state index contributed by atoms with van der Waals surface area (Å²) < 4.78 is 12.7. The predicted octanol–water partition coefficient (Wildman–Crippen LogP) is 2.98. The number of methoxy groups -OCH3 is 1. The van der Waals surface area contributed by atoms with Gasteiger partial charge in [0.15, 0.2) is 0 Å². The summed E-state index contributed by atoms with van der Waals surface area (Å²) in [7, 11) is 1.61. The van der Waals surface area contributed by atoms with Gasteiger partial charge in [-0.25, -0.2) is 4.79 Å². The number of carbonyl (C=O) groups excluding carboxylic acids is 1. The zero-order chi connectivity index (χ0) is 17.8. The van der Waals surface area contributed by atoms with Gasteiger partial charge in [0.2, 0.25) is 5.43 Å². The van der Waals surface area contributed by atoms with Crippen molar-refractivity contribution in [2.45, 2.75) is 39.0 Å². The van der Waals surface area contributed by atoms with E-state index in [1.165, 1.54) is 6.07 Å². The Hall–Kier alpha value is -2.54. The fraction of sp³-hybridized carbons (Fsp3) is 0.444. The number of carbonyl (C=O) groups is 1. The number of nitrogens with one attached hydrogen (secondary N) is 1. The molecule has 2 aromatic rings. The summed E-state index contributed by atoms with van der Waals surface area (Å²) in [6.07, 6.45) is 5.10. The van der Waals surface area contributed by atoms with Crippen LogP contribution in [-0.4, -0.2) is 29.2 Å². The smallest absolute Gasteiger partial charge is 0.322 e. The van der Waals surface area contributed by atoms with E-state index in [0.717, 1.165) is 30.9 Å². The molecular weight excluding hydrogens is 322 g/mol. The lowest BCUT2D eigenvalue weighted by molar-refractivity contribution is 0.157. The Bertz CT molecular complexity index is 796. The Morgan fingerprint density at radius 2 is 2.24 bits per heavy atom. The molecule has 1 fully saturated rings. The van der Waals surface area contributed by atoms with Crippen molar-refractivity contribution in [3.63, 3.8) is 0 Å². The van der Waals surface area contributed by atoms with Crippen molar-refractivity contribution in [3.8, 4) is 0 Å². The molecule has 0 saturated carbocycles. The van der Waals surface area contributed by atoms with E-state index in [1.807, 2.05) is 23.6 Å². The summed E-state index contributed by atoms with van der Waals surface area (Å²) in [4.78, 5) is 26.4. The number of furan rings is 1. The minimum absolute atomic E-state index is 0.122. The summed E-state index contributed by atoms with van der Waals surface area (Å²) in [6.45, 7) is 3.73. The van der Waals surface area contributed by atoms with Gasteiger partial charge in [0.25, 0.3) is 0 Å². The third-order valence-corrected chi connectivity index (χ3v) is 4.40. The average molecular weight is 345 g/mol. The van der Waals surface area contributed by atoms with Gasteiger partial charge in [-0.2, -0.15) is 0 Å². The van der Waals surface area contributed by atoms with E-state index in [0.29, 0.717) is 18.8 Å². The van der Waals surface area contributed by atoms with Crippen molar-refractivity contribution < 1.29 is 13.9 Å². The molecule has 1 unspecified atom stereocenters. The summed E-state index contributed by atoms with van der Waals surface area (Å²) in [5.74, 6) is 1.48. The van der Waals surface area contributed by atoms with Crippen molar-refractivity contribution in [2.75, 3.05) is 19.0 Å². The molecule has 1 saturated heterocycles. The number of aromatic nitrogens is 1. The predicted molar refractivity (Wildman–Crippen MR) is 93.5 cm³/mol. The molecule has 2 amide bonds. The van der Waals surface area contributed by atoms with Crippen LogP contribution in [0.3, 0.4) is 0 Å². The van der Waals surface area contributed by atoms with E-state index < -0.39 is 0 Å². The fourth-order valence-electron chi connectivity index (χ4n) is 3.10. The number of hydrogen-bond acceptors (Lipinski definition) is 4. The van der Waals surface area contributed by atoms with Crippen LogP contribution in [0, 0.1) is 0 Å². The molecule has 0 aliphatic carbocycles. The Labute approximate surface area is 146 Å². The zero-order valence-corrected chi connectivity index (χ0v) is 14.5. The lowest BCUT2D eigenvalue weighted by Crippen LogP contribution is -2.35. The van der Waals surface area contributed by atoms with Crippen molar-refractivity contribution in [3.05, 3.63) is 52.3 Å².